The molecular weight excluding hydrogens is 250 g/mol. The van der Waals surface area contributed by atoms with Gasteiger partial charge in [0.1, 0.15) is 5.60 Å². The fraction of sp³-hybridized carbons (Fsp3) is 0.615. The van der Waals surface area contributed by atoms with E-state index in [4.69, 9.17) is 9.47 Å². The summed E-state index contributed by atoms with van der Waals surface area (Å²) < 4.78 is 10.8. The van der Waals surface area contributed by atoms with E-state index in [0.717, 1.165) is 9.88 Å². The summed E-state index contributed by atoms with van der Waals surface area (Å²) in [7, 11) is 0. The number of hydrogen-bond acceptors (Lipinski definition) is 5. The van der Waals surface area contributed by atoms with Gasteiger partial charge in [-0.25, -0.2) is 4.98 Å². The van der Waals surface area contributed by atoms with Crippen molar-refractivity contribution < 1.29 is 14.6 Å². The van der Waals surface area contributed by atoms with E-state index in [1.165, 1.54) is 11.3 Å². The first kappa shape index (κ1) is 13.5. The van der Waals surface area contributed by atoms with Gasteiger partial charge in [-0.2, -0.15) is 0 Å². The normalized spacial score (nSPS) is 20.1. The van der Waals surface area contributed by atoms with Crippen LogP contribution in [0.4, 0.5) is 0 Å². The first-order valence-electron chi connectivity index (χ1n) is 6.01. The average Bonchev–Trinajstić information content (AvgIpc) is 2.84. The van der Waals surface area contributed by atoms with Crippen LogP contribution >= 0.6 is 11.3 Å². The van der Waals surface area contributed by atoms with Crippen LogP contribution in [-0.2, 0) is 15.1 Å². The van der Waals surface area contributed by atoms with Crippen molar-refractivity contribution in [3.63, 3.8) is 0 Å². The number of nitrogens with zero attached hydrogens (tertiary/aromatic N) is 1. The Kier molecular flexibility index (Phi) is 4.72. The number of hydrogen-bond donors (Lipinski definition) is 1. The summed E-state index contributed by atoms with van der Waals surface area (Å²) >= 11 is 1.44. The van der Waals surface area contributed by atoms with E-state index in [1.807, 2.05) is 0 Å². The molecule has 1 saturated heterocycles. The quantitative estimate of drug-likeness (QED) is 0.784. The zero-order valence-corrected chi connectivity index (χ0v) is 11.3. The number of thiazole rings is 1. The molecule has 0 aromatic carbocycles. The zero-order chi connectivity index (χ0) is 12.8. The lowest BCUT2D eigenvalue weighted by atomic mass is 9.95. The van der Waals surface area contributed by atoms with Crippen molar-refractivity contribution in [2.45, 2.75) is 25.4 Å². The van der Waals surface area contributed by atoms with Gasteiger partial charge < -0.3 is 14.6 Å². The molecule has 98 valence electrons. The third-order valence-corrected chi connectivity index (χ3v) is 3.99. The van der Waals surface area contributed by atoms with E-state index in [2.05, 4.69) is 16.8 Å². The SMILES string of the molecule is CC#Cc1ncc(C2(O)CCOCCOCC2)s1. The molecule has 4 nitrogen and oxygen atoms in total. The van der Waals surface area contributed by atoms with E-state index in [1.54, 1.807) is 13.1 Å². The van der Waals surface area contributed by atoms with Crippen LogP contribution in [0, 0.1) is 11.8 Å². The Hall–Kier alpha value is -0.930. The average molecular weight is 267 g/mol. The molecule has 0 bridgehead atoms. The Morgan fingerprint density at radius 2 is 1.94 bits per heavy atom. The summed E-state index contributed by atoms with van der Waals surface area (Å²) in [4.78, 5) is 5.05. The van der Waals surface area contributed by atoms with Crippen molar-refractivity contribution in [2.75, 3.05) is 26.4 Å². The number of aliphatic hydroxyl groups is 1. The summed E-state index contributed by atoms with van der Waals surface area (Å²) in [6.07, 6.45) is 2.84. The highest BCUT2D eigenvalue weighted by Gasteiger charge is 2.31. The molecule has 0 radical (unpaired) electrons. The highest BCUT2D eigenvalue weighted by atomic mass is 32.1. The van der Waals surface area contributed by atoms with Crippen LogP contribution in [0.1, 0.15) is 29.7 Å². The molecule has 0 saturated carbocycles. The maximum atomic E-state index is 10.7. The Morgan fingerprint density at radius 1 is 1.28 bits per heavy atom. The summed E-state index contributed by atoms with van der Waals surface area (Å²) in [5.74, 6) is 5.72. The summed E-state index contributed by atoms with van der Waals surface area (Å²) in [5, 5.41) is 11.5. The van der Waals surface area contributed by atoms with Crippen LogP contribution < -0.4 is 0 Å². The van der Waals surface area contributed by atoms with Gasteiger partial charge in [-0.3, -0.25) is 0 Å². The van der Waals surface area contributed by atoms with Gasteiger partial charge in [0.2, 0.25) is 0 Å². The predicted octanol–water partition coefficient (Wildman–Crippen LogP) is 1.53. The van der Waals surface area contributed by atoms with Crippen molar-refractivity contribution >= 4 is 11.3 Å². The second-order valence-electron chi connectivity index (χ2n) is 4.16. The molecule has 1 aromatic rings. The second-order valence-corrected chi connectivity index (χ2v) is 5.19. The Morgan fingerprint density at radius 3 is 2.56 bits per heavy atom. The Labute approximate surface area is 111 Å². The molecule has 2 heterocycles. The van der Waals surface area contributed by atoms with Crippen LogP contribution in [0.5, 0.6) is 0 Å². The second kappa shape index (κ2) is 6.30. The molecule has 1 N–H and O–H groups in total. The van der Waals surface area contributed by atoms with Crippen molar-refractivity contribution in [3.05, 3.63) is 16.1 Å². The molecule has 1 aliphatic heterocycles. The summed E-state index contributed by atoms with van der Waals surface area (Å²) in [5.41, 5.74) is -0.907. The zero-order valence-electron chi connectivity index (χ0n) is 10.4. The van der Waals surface area contributed by atoms with E-state index in [0.29, 0.717) is 39.3 Å². The molecule has 0 unspecified atom stereocenters. The molecule has 5 heteroatoms. The third kappa shape index (κ3) is 3.30. The van der Waals surface area contributed by atoms with E-state index < -0.39 is 5.60 Å². The fourth-order valence-corrected chi connectivity index (χ4v) is 2.80. The minimum atomic E-state index is -0.907. The van der Waals surface area contributed by atoms with E-state index >= 15 is 0 Å². The lowest BCUT2D eigenvalue weighted by molar-refractivity contribution is -0.00726. The molecule has 18 heavy (non-hydrogen) atoms. The van der Waals surface area contributed by atoms with Gasteiger partial charge in [0.15, 0.2) is 5.01 Å². The molecule has 0 amide bonds. The lowest BCUT2D eigenvalue weighted by Crippen LogP contribution is -2.27. The van der Waals surface area contributed by atoms with Gasteiger partial charge in [0.25, 0.3) is 0 Å². The number of aromatic nitrogens is 1. The first-order valence-corrected chi connectivity index (χ1v) is 6.83. The summed E-state index contributed by atoms with van der Waals surface area (Å²) in [6, 6.07) is 0. The maximum Gasteiger partial charge on any atom is 0.167 e. The van der Waals surface area contributed by atoms with Crippen LogP contribution in [0.25, 0.3) is 0 Å². The van der Waals surface area contributed by atoms with Gasteiger partial charge in [0.05, 0.1) is 18.1 Å². The molecule has 1 aliphatic rings. The van der Waals surface area contributed by atoms with E-state index in [9.17, 15) is 5.11 Å². The smallest absolute Gasteiger partial charge is 0.167 e. The molecule has 0 atom stereocenters. The highest BCUT2D eigenvalue weighted by molar-refractivity contribution is 7.12. The van der Waals surface area contributed by atoms with Gasteiger partial charge >= 0.3 is 0 Å². The van der Waals surface area contributed by atoms with Crippen LogP contribution in [0.2, 0.25) is 0 Å². The van der Waals surface area contributed by atoms with Crippen LogP contribution in [-0.4, -0.2) is 36.5 Å². The van der Waals surface area contributed by atoms with Gasteiger partial charge in [-0.05, 0) is 12.8 Å². The molecule has 1 aromatic heterocycles. The maximum absolute atomic E-state index is 10.7. The summed E-state index contributed by atoms with van der Waals surface area (Å²) in [6.45, 7) is 4.02. The minimum absolute atomic E-state index is 0.534. The molecule has 1 fully saturated rings. The Bertz CT molecular complexity index is 437. The number of ether oxygens (including phenoxy) is 2. The van der Waals surface area contributed by atoms with Crippen molar-refractivity contribution in [2.24, 2.45) is 0 Å². The van der Waals surface area contributed by atoms with Crippen molar-refractivity contribution in [3.8, 4) is 11.8 Å². The molecule has 0 spiro atoms. The standard InChI is InChI=1S/C13H17NO3S/c1-2-3-12-14-10-11(18-12)13(15)4-6-16-8-9-17-7-5-13/h10,15H,4-9H2,1H3. The topological polar surface area (TPSA) is 51.6 Å². The van der Waals surface area contributed by atoms with Gasteiger partial charge in [0, 0.05) is 32.3 Å². The van der Waals surface area contributed by atoms with Crippen LogP contribution in [0.15, 0.2) is 6.20 Å². The molecule has 2 rings (SSSR count). The highest BCUT2D eigenvalue weighted by Crippen LogP contribution is 2.33. The predicted molar refractivity (Wildman–Crippen MR) is 69.4 cm³/mol. The van der Waals surface area contributed by atoms with Gasteiger partial charge in [-0.15, -0.1) is 11.3 Å². The largest absolute Gasteiger partial charge is 0.384 e. The minimum Gasteiger partial charge on any atom is -0.384 e. The monoisotopic (exact) mass is 267 g/mol. The van der Waals surface area contributed by atoms with Crippen molar-refractivity contribution in [1.29, 1.82) is 0 Å². The van der Waals surface area contributed by atoms with E-state index in [-0.39, 0.29) is 0 Å². The molecular formula is C13H17NO3S. The fourth-order valence-electron chi connectivity index (χ4n) is 1.83. The number of rotatable bonds is 1. The lowest BCUT2D eigenvalue weighted by Gasteiger charge is -2.25. The van der Waals surface area contributed by atoms with Gasteiger partial charge in [-0.1, -0.05) is 5.92 Å². The third-order valence-electron chi connectivity index (χ3n) is 2.89. The Balaban J connectivity index is 2.16. The van der Waals surface area contributed by atoms with Crippen LogP contribution in [0.3, 0.4) is 0 Å². The van der Waals surface area contributed by atoms with Crippen molar-refractivity contribution in [1.82, 2.24) is 4.98 Å². The first-order chi connectivity index (χ1) is 8.74. The molecule has 0 aliphatic carbocycles.